The van der Waals surface area contributed by atoms with Gasteiger partial charge in [-0.2, -0.15) is 10.2 Å². The fourth-order valence-electron chi connectivity index (χ4n) is 2.97. The van der Waals surface area contributed by atoms with Crippen molar-refractivity contribution in [2.45, 2.75) is 0 Å². The van der Waals surface area contributed by atoms with Gasteiger partial charge >= 0.3 is 0 Å². The van der Waals surface area contributed by atoms with Crippen molar-refractivity contribution in [2.24, 2.45) is 7.05 Å². The van der Waals surface area contributed by atoms with E-state index in [0.717, 1.165) is 38.6 Å². The highest BCUT2D eigenvalue weighted by Gasteiger charge is 2.13. The van der Waals surface area contributed by atoms with Crippen molar-refractivity contribution < 1.29 is 0 Å². The van der Waals surface area contributed by atoms with Crippen molar-refractivity contribution in [3.05, 3.63) is 43.0 Å². The number of aromatic nitrogens is 7. The molecule has 1 aromatic carbocycles. The van der Waals surface area contributed by atoms with Crippen LogP contribution >= 0.6 is 0 Å². The molecule has 4 aromatic heterocycles. The van der Waals surface area contributed by atoms with Crippen LogP contribution in [-0.2, 0) is 7.05 Å². The second-order valence-corrected chi connectivity index (χ2v) is 5.97. The number of aromatic amines is 2. The normalized spacial score (nSPS) is 11.6. The van der Waals surface area contributed by atoms with E-state index in [1.165, 1.54) is 0 Å². The first kappa shape index (κ1) is 13.7. The predicted octanol–water partition coefficient (Wildman–Crippen LogP) is 2.48. The topological polar surface area (TPSA) is 114 Å². The summed E-state index contributed by atoms with van der Waals surface area (Å²) in [5.74, 6) is 1.12. The Labute approximate surface area is 141 Å². The van der Waals surface area contributed by atoms with Gasteiger partial charge < -0.3 is 10.7 Å². The molecule has 0 fully saturated rings. The second-order valence-electron chi connectivity index (χ2n) is 5.97. The number of pyridine rings is 1. The number of nitrogens with two attached hydrogens (primary N) is 1. The Morgan fingerprint density at radius 1 is 1.04 bits per heavy atom. The van der Waals surface area contributed by atoms with Crippen LogP contribution in [0, 0.1) is 0 Å². The van der Waals surface area contributed by atoms with Crippen molar-refractivity contribution in [1.29, 1.82) is 0 Å². The molecule has 0 saturated carbocycles. The van der Waals surface area contributed by atoms with Crippen LogP contribution < -0.4 is 5.73 Å². The lowest BCUT2D eigenvalue weighted by Gasteiger charge is -2.04. The molecule has 122 valence electrons. The Kier molecular flexibility index (Phi) is 2.69. The number of anilines is 1. The molecule has 5 rings (SSSR count). The average molecular weight is 330 g/mol. The van der Waals surface area contributed by atoms with E-state index in [4.69, 9.17) is 5.73 Å². The Hall–Kier alpha value is -3.68. The summed E-state index contributed by atoms with van der Waals surface area (Å²) >= 11 is 0. The molecule has 5 aromatic rings. The molecular weight excluding hydrogens is 316 g/mol. The first-order valence-corrected chi connectivity index (χ1v) is 7.75. The first-order valence-electron chi connectivity index (χ1n) is 7.75. The third kappa shape index (κ3) is 2.15. The fourth-order valence-corrected chi connectivity index (χ4v) is 2.97. The van der Waals surface area contributed by atoms with Crippen molar-refractivity contribution >= 4 is 27.8 Å². The molecule has 4 N–H and O–H groups in total. The molecule has 0 radical (unpaired) electrons. The molecule has 8 heteroatoms. The highest BCUT2D eigenvalue weighted by Crippen LogP contribution is 2.30. The van der Waals surface area contributed by atoms with Gasteiger partial charge in [0.25, 0.3) is 0 Å². The number of aryl methyl sites for hydroxylation is 1. The molecule has 0 bridgehead atoms. The largest absolute Gasteiger partial charge is 0.383 e. The number of benzene rings is 1. The number of rotatable bonds is 2. The number of H-pyrrole nitrogens is 2. The van der Waals surface area contributed by atoms with Crippen molar-refractivity contribution in [2.75, 3.05) is 5.73 Å². The molecule has 0 saturated heterocycles. The molecule has 0 unspecified atom stereocenters. The zero-order chi connectivity index (χ0) is 17.0. The van der Waals surface area contributed by atoms with Crippen LogP contribution in [0.4, 0.5) is 5.82 Å². The van der Waals surface area contributed by atoms with Crippen LogP contribution in [0.2, 0.25) is 0 Å². The van der Waals surface area contributed by atoms with E-state index in [0.29, 0.717) is 11.6 Å². The smallest absolute Gasteiger partial charge is 0.142 e. The average Bonchev–Trinajstić information content (AvgIpc) is 3.31. The number of imidazole rings is 1. The van der Waals surface area contributed by atoms with Gasteiger partial charge in [-0.15, -0.1) is 0 Å². The van der Waals surface area contributed by atoms with Gasteiger partial charge in [-0.1, -0.05) is 0 Å². The predicted molar refractivity (Wildman–Crippen MR) is 95.6 cm³/mol. The van der Waals surface area contributed by atoms with E-state index in [2.05, 4.69) is 30.2 Å². The maximum Gasteiger partial charge on any atom is 0.142 e. The Bertz CT molecular complexity index is 1180. The summed E-state index contributed by atoms with van der Waals surface area (Å²) in [6.07, 6.45) is 7.26. The van der Waals surface area contributed by atoms with E-state index < -0.39 is 0 Å². The number of nitrogen functional groups attached to an aromatic ring is 1. The summed E-state index contributed by atoms with van der Waals surface area (Å²) < 4.78 is 1.75. The number of hydrogen-bond acceptors (Lipinski definition) is 5. The summed E-state index contributed by atoms with van der Waals surface area (Å²) in [4.78, 5) is 12.3. The van der Waals surface area contributed by atoms with Crippen molar-refractivity contribution in [3.63, 3.8) is 0 Å². The highest BCUT2D eigenvalue weighted by molar-refractivity contribution is 5.94. The van der Waals surface area contributed by atoms with Crippen LogP contribution in [0.3, 0.4) is 0 Å². The SMILES string of the molecule is Cn1cc(-c2cnc(N)c(-c3nc4cc5cn[nH]c5cc4[nH]3)c2)cn1. The van der Waals surface area contributed by atoms with Crippen LogP contribution in [-0.4, -0.2) is 34.9 Å². The van der Waals surface area contributed by atoms with E-state index in [1.54, 1.807) is 23.3 Å². The Morgan fingerprint density at radius 2 is 1.96 bits per heavy atom. The zero-order valence-electron chi connectivity index (χ0n) is 13.4. The number of fused-ring (bicyclic) bond motifs is 2. The molecule has 0 aliphatic carbocycles. The summed E-state index contributed by atoms with van der Waals surface area (Å²) in [5, 5.41) is 12.2. The molecule has 0 aliphatic rings. The number of nitrogens with one attached hydrogen (secondary N) is 2. The second kappa shape index (κ2) is 4.91. The van der Waals surface area contributed by atoms with Gasteiger partial charge in [0.1, 0.15) is 11.6 Å². The fraction of sp³-hybridized carbons (Fsp3) is 0.0588. The minimum atomic E-state index is 0.430. The van der Waals surface area contributed by atoms with Crippen LogP contribution in [0.25, 0.3) is 44.5 Å². The minimum Gasteiger partial charge on any atom is -0.383 e. The molecule has 8 nitrogen and oxygen atoms in total. The summed E-state index contributed by atoms with van der Waals surface area (Å²) in [5.41, 5.74) is 11.5. The number of hydrogen-bond donors (Lipinski definition) is 3. The molecule has 0 spiro atoms. The van der Waals surface area contributed by atoms with E-state index >= 15 is 0 Å². The van der Waals surface area contributed by atoms with E-state index in [1.807, 2.05) is 31.4 Å². The number of nitrogens with zero attached hydrogens (tertiary/aromatic N) is 5. The third-order valence-corrected chi connectivity index (χ3v) is 4.25. The minimum absolute atomic E-state index is 0.430. The van der Waals surface area contributed by atoms with Crippen LogP contribution in [0.5, 0.6) is 0 Å². The summed E-state index contributed by atoms with van der Waals surface area (Å²) in [7, 11) is 1.88. The van der Waals surface area contributed by atoms with E-state index in [9.17, 15) is 0 Å². The van der Waals surface area contributed by atoms with Crippen LogP contribution in [0.15, 0.2) is 43.0 Å². The zero-order valence-corrected chi connectivity index (χ0v) is 13.4. The lowest BCUT2D eigenvalue weighted by atomic mass is 10.1. The maximum absolute atomic E-state index is 6.10. The van der Waals surface area contributed by atoms with E-state index in [-0.39, 0.29) is 0 Å². The third-order valence-electron chi connectivity index (χ3n) is 4.25. The van der Waals surface area contributed by atoms with Gasteiger partial charge in [-0.25, -0.2) is 9.97 Å². The lowest BCUT2D eigenvalue weighted by Crippen LogP contribution is -1.95. The van der Waals surface area contributed by atoms with Gasteiger partial charge in [0.05, 0.1) is 34.5 Å². The van der Waals surface area contributed by atoms with Gasteiger partial charge in [-0.3, -0.25) is 9.78 Å². The van der Waals surface area contributed by atoms with Crippen molar-refractivity contribution in [1.82, 2.24) is 34.9 Å². The lowest BCUT2D eigenvalue weighted by molar-refractivity contribution is 0.768. The standard InChI is InChI=1S/C17H14N8/c1-25-8-11(7-21-25)9-2-12(16(18)19-5-9)17-22-14-3-10-6-20-24-13(10)4-15(14)23-17/h2-8H,1H3,(H2,18,19)(H,20,24)(H,22,23). The van der Waals surface area contributed by atoms with Gasteiger partial charge in [-0.05, 0) is 18.2 Å². The van der Waals surface area contributed by atoms with Gasteiger partial charge in [0.15, 0.2) is 0 Å². The molecule has 0 aliphatic heterocycles. The molecular formula is C17H14N8. The monoisotopic (exact) mass is 330 g/mol. The quantitative estimate of drug-likeness (QED) is 0.460. The molecule has 4 heterocycles. The Balaban J connectivity index is 1.67. The van der Waals surface area contributed by atoms with Gasteiger partial charge in [0, 0.05) is 36.0 Å². The summed E-state index contributed by atoms with van der Waals surface area (Å²) in [6, 6.07) is 5.95. The van der Waals surface area contributed by atoms with Gasteiger partial charge in [0.2, 0.25) is 0 Å². The summed E-state index contributed by atoms with van der Waals surface area (Å²) in [6.45, 7) is 0. The highest BCUT2D eigenvalue weighted by atomic mass is 15.2. The maximum atomic E-state index is 6.10. The molecule has 25 heavy (non-hydrogen) atoms. The first-order chi connectivity index (χ1) is 12.2. The Morgan fingerprint density at radius 3 is 2.80 bits per heavy atom. The molecule has 0 atom stereocenters. The molecule has 0 amide bonds. The van der Waals surface area contributed by atoms with Crippen LogP contribution in [0.1, 0.15) is 0 Å². The van der Waals surface area contributed by atoms with Crippen molar-refractivity contribution in [3.8, 4) is 22.5 Å².